The van der Waals surface area contributed by atoms with E-state index < -0.39 is 0 Å². The standard InChI is InChI=1S/C51H32N4/c1-3-14-33(15-4-1)34-16-13-19-38(30-34)53-45-24-11-10-22-41(45)43-31-35(26-28-47(43)53)36-27-29-48-44(32-36)49-51(54(48)37-17-5-2-6-18-37)52-50-42-23-8-7-20-39(42)40-21-9-12-25-46(40)55(49)50/h1-32H. The quantitative estimate of drug-likeness (QED) is 0.168. The number of para-hydroxylation sites is 3. The van der Waals surface area contributed by atoms with Crippen LogP contribution in [0, 0.1) is 0 Å². The Hall–Kier alpha value is -7.43. The van der Waals surface area contributed by atoms with Crippen LogP contribution in [0.4, 0.5) is 0 Å². The minimum Gasteiger partial charge on any atom is -0.309 e. The molecule has 4 nitrogen and oxygen atoms in total. The molecule has 4 aromatic heterocycles. The van der Waals surface area contributed by atoms with Gasteiger partial charge in [0, 0.05) is 38.3 Å². The largest absolute Gasteiger partial charge is 0.309 e. The molecule has 0 saturated carbocycles. The second kappa shape index (κ2) is 11.5. The third-order valence-electron chi connectivity index (χ3n) is 11.4. The van der Waals surface area contributed by atoms with Gasteiger partial charge in [-0.15, -0.1) is 0 Å². The van der Waals surface area contributed by atoms with Crippen LogP contribution >= 0.6 is 0 Å². The number of fused-ring (bicyclic) bond motifs is 13. The van der Waals surface area contributed by atoms with Crippen LogP contribution in [-0.4, -0.2) is 18.5 Å². The summed E-state index contributed by atoms with van der Waals surface area (Å²) in [7, 11) is 0. The maximum atomic E-state index is 5.46. The van der Waals surface area contributed by atoms with Crippen molar-refractivity contribution in [3.05, 3.63) is 194 Å². The van der Waals surface area contributed by atoms with Gasteiger partial charge in [0.2, 0.25) is 0 Å². The van der Waals surface area contributed by atoms with Gasteiger partial charge in [0.05, 0.1) is 22.1 Å². The third kappa shape index (κ3) is 4.37. The van der Waals surface area contributed by atoms with E-state index >= 15 is 0 Å². The summed E-state index contributed by atoms with van der Waals surface area (Å²) in [5, 5.41) is 7.23. The number of benzene rings is 8. The van der Waals surface area contributed by atoms with Crippen LogP contribution in [0.2, 0.25) is 0 Å². The Bertz CT molecular complexity index is 3480. The van der Waals surface area contributed by atoms with Crippen molar-refractivity contribution >= 4 is 71.2 Å². The fourth-order valence-electron chi connectivity index (χ4n) is 8.97. The Morgan fingerprint density at radius 1 is 0.291 bits per heavy atom. The average Bonchev–Trinajstić information content (AvgIpc) is 3.91. The molecule has 0 atom stereocenters. The lowest BCUT2D eigenvalue weighted by Crippen LogP contribution is -1.95. The molecule has 0 bridgehead atoms. The summed E-state index contributed by atoms with van der Waals surface area (Å²) in [5.41, 5.74) is 14.7. The summed E-state index contributed by atoms with van der Waals surface area (Å²) in [4.78, 5) is 5.46. The lowest BCUT2D eigenvalue weighted by atomic mass is 10.0. The summed E-state index contributed by atoms with van der Waals surface area (Å²) in [6.45, 7) is 0. The molecule has 0 N–H and O–H groups in total. The molecule has 0 aliphatic carbocycles. The van der Waals surface area contributed by atoms with Crippen LogP contribution in [0.15, 0.2) is 194 Å². The summed E-state index contributed by atoms with van der Waals surface area (Å²) in [6, 6.07) is 70.1. The predicted octanol–water partition coefficient (Wildman–Crippen LogP) is 13.2. The van der Waals surface area contributed by atoms with Crippen molar-refractivity contribution in [1.29, 1.82) is 0 Å². The molecular weight excluding hydrogens is 669 g/mol. The molecule has 12 aromatic rings. The van der Waals surface area contributed by atoms with Crippen LogP contribution in [-0.2, 0) is 0 Å². The molecule has 0 spiro atoms. The first-order chi connectivity index (χ1) is 27.3. The average molecular weight is 701 g/mol. The van der Waals surface area contributed by atoms with E-state index in [4.69, 9.17) is 4.98 Å². The highest BCUT2D eigenvalue weighted by atomic mass is 15.1. The lowest BCUT2D eigenvalue weighted by molar-refractivity contribution is 1.15. The van der Waals surface area contributed by atoms with E-state index in [9.17, 15) is 0 Å². The zero-order valence-corrected chi connectivity index (χ0v) is 29.8. The molecule has 0 aliphatic rings. The normalized spacial score (nSPS) is 12.0. The van der Waals surface area contributed by atoms with Crippen LogP contribution in [0.25, 0.3) is 105 Å². The van der Waals surface area contributed by atoms with Crippen molar-refractivity contribution in [2.24, 2.45) is 0 Å². The molecule has 0 radical (unpaired) electrons. The van der Waals surface area contributed by atoms with E-state index in [1.54, 1.807) is 0 Å². The van der Waals surface area contributed by atoms with Crippen molar-refractivity contribution < 1.29 is 0 Å². The maximum absolute atomic E-state index is 5.46. The molecule has 0 unspecified atom stereocenters. The molecule has 4 heteroatoms. The van der Waals surface area contributed by atoms with Crippen molar-refractivity contribution in [2.45, 2.75) is 0 Å². The van der Waals surface area contributed by atoms with Crippen molar-refractivity contribution in [3.8, 4) is 33.6 Å². The van der Waals surface area contributed by atoms with E-state index in [2.05, 4.69) is 208 Å². The highest BCUT2D eigenvalue weighted by molar-refractivity contribution is 6.18. The first-order valence-electron chi connectivity index (χ1n) is 18.8. The third-order valence-corrected chi connectivity index (χ3v) is 11.4. The van der Waals surface area contributed by atoms with E-state index in [-0.39, 0.29) is 0 Å². The fraction of sp³-hybridized carbons (Fsp3) is 0. The topological polar surface area (TPSA) is 27.2 Å². The number of hydrogen-bond donors (Lipinski definition) is 0. The van der Waals surface area contributed by atoms with Gasteiger partial charge in [-0.2, -0.15) is 0 Å². The highest BCUT2D eigenvalue weighted by Crippen LogP contribution is 2.41. The van der Waals surface area contributed by atoms with E-state index in [0.29, 0.717) is 0 Å². The summed E-state index contributed by atoms with van der Waals surface area (Å²) in [5.74, 6) is 0. The smallest absolute Gasteiger partial charge is 0.165 e. The summed E-state index contributed by atoms with van der Waals surface area (Å²) < 4.78 is 7.12. The van der Waals surface area contributed by atoms with Gasteiger partial charge in [0.15, 0.2) is 5.65 Å². The summed E-state index contributed by atoms with van der Waals surface area (Å²) >= 11 is 0. The number of nitrogens with zero attached hydrogens (tertiary/aromatic N) is 4. The zero-order valence-electron chi connectivity index (χ0n) is 29.8. The molecule has 55 heavy (non-hydrogen) atoms. The maximum Gasteiger partial charge on any atom is 0.165 e. The Morgan fingerprint density at radius 3 is 1.58 bits per heavy atom. The number of hydrogen-bond acceptors (Lipinski definition) is 1. The lowest BCUT2D eigenvalue weighted by Gasteiger charge is -2.11. The van der Waals surface area contributed by atoms with Gasteiger partial charge in [-0.1, -0.05) is 133 Å². The van der Waals surface area contributed by atoms with Crippen molar-refractivity contribution in [2.75, 3.05) is 0 Å². The van der Waals surface area contributed by atoms with E-state index in [1.807, 2.05) is 0 Å². The van der Waals surface area contributed by atoms with Gasteiger partial charge in [-0.25, -0.2) is 4.98 Å². The molecular formula is C51H32N4. The van der Waals surface area contributed by atoms with Gasteiger partial charge < -0.3 is 4.57 Å². The van der Waals surface area contributed by atoms with Crippen LogP contribution in [0.3, 0.4) is 0 Å². The molecule has 0 aliphatic heterocycles. The SMILES string of the molecule is c1ccc(-c2cccc(-n3c4ccccc4c4cc(-c5ccc6c(c5)c5c(nc7c8ccccc8c8ccccc8n75)n6-c5ccccc5)ccc43)c2)cc1. The molecule has 12 rings (SSSR count). The van der Waals surface area contributed by atoms with Crippen LogP contribution in [0.5, 0.6) is 0 Å². The van der Waals surface area contributed by atoms with Gasteiger partial charge in [0.1, 0.15) is 11.2 Å². The molecule has 0 saturated heterocycles. The Kier molecular flexibility index (Phi) is 6.31. The van der Waals surface area contributed by atoms with Gasteiger partial charge in [0.25, 0.3) is 0 Å². The van der Waals surface area contributed by atoms with Gasteiger partial charge in [-0.3, -0.25) is 8.97 Å². The Balaban J connectivity index is 1.12. The highest BCUT2D eigenvalue weighted by Gasteiger charge is 2.22. The van der Waals surface area contributed by atoms with Gasteiger partial charge in [-0.05, 0) is 88.3 Å². The Labute approximate surface area is 316 Å². The van der Waals surface area contributed by atoms with Crippen molar-refractivity contribution in [1.82, 2.24) is 18.5 Å². The minimum atomic E-state index is 0.955. The summed E-state index contributed by atoms with van der Waals surface area (Å²) in [6.07, 6.45) is 0. The molecule has 256 valence electrons. The Morgan fingerprint density at radius 2 is 0.818 bits per heavy atom. The second-order valence-electron chi connectivity index (χ2n) is 14.4. The molecule has 4 heterocycles. The first kappa shape index (κ1) is 30.1. The number of aromatic nitrogens is 4. The fourth-order valence-corrected chi connectivity index (χ4v) is 8.97. The molecule has 8 aromatic carbocycles. The zero-order chi connectivity index (χ0) is 36.0. The minimum absolute atomic E-state index is 0.955. The first-order valence-corrected chi connectivity index (χ1v) is 18.8. The number of imidazole rings is 1. The van der Waals surface area contributed by atoms with E-state index in [1.165, 1.54) is 60.2 Å². The predicted molar refractivity (Wildman–Crippen MR) is 230 cm³/mol. The molecule has 0 fully saturated rings. The van der Waals surface area contributed by atoms with Crippen LogP contribution in [0.1, 0.15) is 0 Å². The van der Waals surface area contributed by atoms with Gasteiger partial charge >= 0.3 is 0 Å². The van der Waals surface area contributed by atoms with Crippen LogP contribution < -0.4 is 0 Å². The van der Waals surface area contributed by atoms with Crippen molar-refractivity contribution in [3.63, 3.8) is 0 Å². The molecule has 0 amide bonds. The second-order valence-corrected chi connectivity index (χ2v) is 14.4. The monoisotopic (exact) mass is 700 g/mol. The van der Waals surface area contributed by atoms with E-state index in [0.717, 1.165) is 44.6 Å². The number of rotatable bonds is 4. The number of pyridine rings is 1.